The number of methoxy groups -OCH3 is 1. The van der Waals surface area contributed by atoms with Gasteiger partial charge in [0.05, 0.1) is 6.61 Å². The minimum absolute atomic E-state index is 0.114. The summed E-state index contributed by atoms with van der Waals surface area (Å²) < 4.78 is 44.7. The van der Waals surface area contributed by atoms with Crippen LogP contribution in [-0.2, 0) is 21.3 Å². The highest BCUT2D eigenvalue weighted by Gasteiger charge is 2.21. The first-order chi connectivity index (χ1) is 9.53. The van der Waals surface area contributed by atoms with Crippen molar-refractivity contribution in [1.82, 2.24) is 10.0 Å². The molecule has 0 spiro atoms. The van der Waals surface area contributed by atoms with E-state index in [9.17, 15) is 12.8 Å². The molecule has 0 atom stereocenters. The minimum atomic E-state index is -3.82. The van der Waals surface area contributed by atoms with Crippen LogP contribution in [-0.4, -0.2) is 34.7 Å². The molecule has 1 aromatic carbocycles. The van der Waals surface area contributed by atoms with E-state index in [2.05, 4.69) is 10.0 Å². The third kappa shape index (κ3) is 4.24. The summed E-state index contributed by atoms with van der Waals surface area (Å²) in [6.45, 7) is 0.909. The first-order valence-corrected chi connectivity index (χ1v) is 8.01. The molecule has 112 valence electrons. The van der Waals surface area contributed by atoms with Gasteiger partial charge in [-0.05, 0) is 30.5 Å². The van der Waals surface area contributed by atoms with Crippen molar-refractivity contribution in [2.45, 2.75) is 30.3 Å². The number of hydrogen-bond donors (Lipinski definition) is 2. The molecule has 0 saturated heterocycles. The lowest BCUT2D eigenvalue weighted by molar-refractivity contribution is 0.204. The maximum absolute atomic E-state index is 13.9. The van der Waals surface area contributed by atoms with Gasteiger partial charge >= 0.3 is 0 Å². The number of nitrogens with one attached hydrogen (secondary N) is 2. The molecule has 2 rings (SSSR count). The number of sulfonamides is 1. The van der Waals surface area contributed by atoms with Gasteiger partial charge in [0.1, 0.15) is 10.7 Å². The average Bonchev–Trinajstić information content (AvgIpc) is 3.20. The Morgan fingerprint density at radius 2 is 2.15 bits per heavy atom. The maximum atomic E-state index is 13.9. The van der Waals surface area contributed by atoms with Crippen LogP contribution >= 0.6 is 0 Å². The molecule has 0 amide bonds. The van der Waals surface area contributed by atoms with Crippen molar-refractivity contribution in [3.63, 3.8) is 0 Å². The number of halogens is 1. The zero-order valence-electron chi connectivity index (χ0n) is 11.4. The second kappa shape index (κ2) is 6.62. The second-order valence-corrected chi connectivity index (χ2v) is 6.55. The second-order valence-electron chi connectivity index (χ2n) is 4.81. The van der Waals surface area contributed by atoms with E-state index in [0.29, 0.717) is 12.6 Å². The van der Waals surface area contributed by atoms with Crippen molar-refractivity contribution >= 4 is 10.0 Å². The summed E-state index contributed by atoms with van der Waals surface area (Å²) in [5.41, 5.74) is 0.741. The summed E-state index contributed by atoms with van der Waals surface area (Å²) in [5, 5.41) is 3.25. The Balaban J connectivity index is 2.03. The SMILES string of the molecule is COCCNS(=O)(=O)c1ccc(CNC2CC2)cc1F. The zero-order chi connectivity index (χ0) is 14.6. The molecule has 0 radical (unpaired) electrons. The van der Waals surface area contributed by atoms with Crippen LogP contribution in [0.15, 0.2) is 23.1 Å². The third-order valence-corrected chi connectivity index (χ3v) is 4.55. The Morgan fingerprint density at radius 1 is 1.40 bits per heavy atom. The fraction of sp³-hybridized carbons (Fsp3) is 0.538. The van der Waals surface area contributed by atoms with E-state index in [1.165, 1.54) is 19.2 Å². The standard InChI is InChI=1S/C13H19FN2O3S/c1-19-7-6-16-20(17,18)13-5-2-10(8-12(13)14)9-15-11-3-4-11/h2,5,8,11,15-16H,3-4,6-7,9H2,1H3. The Hall–Kier alpha value is -1.02. The Morgan fingerprint density at radius 3 is 2.75 bits per heavy atom. The Bertz CT molecular complexity index is 559. The van der Waals surface area contributed by atoms with Crippen LogP contribution < -0.4 is 10.0 Å². The molecule has 0 aromatic heterocycles. The number of rotatable bonds is 8. The fourth-order valence-electron chi connectivity index (χ4n) is 1.78. The van der Waals surface area contributed by atoms with Crippen molar-refractivity contribution in [2.24, 2.45) is 0 Å². The van der Waals surface area contributed by atoms with E-state index in [4.69, 9.17) is 4.74 Å². The minimum Gasteiger partial charge on any atom is -0.383 e. The Kier molecular flexibility index (Phi) is 5.09. The third-order valence-electron chi connectivity index (χ3n) is 3.06. The molecule has 1 aromatic rings. The van der Waals surface area contributed by atoms with Gasteiger partial charge in [-0.25, -0.2) is 17.5 Å². The monoisotopic (exact) mass is 302 g/mol. The van der Waals surface area contributed by atoms with Gasteiger partial charge in [0.25, 0.3) is 0 Å². The van der Waals surface area contributed by atoms with Crippen LogP contribution in [0.25, 0.3) is 0 Å². The summed E-state index contributed by atoms with van der Waals surface area (Å²) in [4.78, 5) is -0.330. The molecule has 0 bridgehead atoms. The summed E-state index contributed by atoms with van der Waals surface area (Å²) in [6.07, 6.45) is 2.30. The summed E-state index contributed by atoms with van der Waals surface area (Å²) in [5.74, 6) is -0.731. The molecule has 0 aliphatic heterocycles. The lowest BCUT2D eigenvalue weighted by Gasteiger charge is -2.09. The molecule has 0 heterocycles. The predicted molar refractivity (Wildman–Crippen MR) is 73.3 cm³/mol. The van der Waals surface area contributed by atoms with Crippen molar-refractivity contribution in [3.05, 3.63) is 29.6 Å². The van der Waals surface area contributed by atoms with E-state index >= 15 is 0 Å². The smallest absolute Gasteiger partial charge is 0.243 e. The van der Waals surface area contributed by atoms with Gasteiger partial charge in [0.15, 0.2) is 0 Å². The molecule has 7 heteroatoms. The molecule has 1 aliphatic carbocycles. The molecule has 20 heavy (non-hydrogen) atoms. The van der Waals surface area contributed by atoms with Gasteiger partial charge in [-0.15, -0.1) is 0 Å². The normalized spacial score (nSPS) is 15.5. The van der Waals surface area contributed by atoms with Crippen LogP contribution in [0.4, 0.5) is 4.39 Å². The average molecular weight is 302 g/mol. The lowest BCUT2D eigenvalue weighted by atomic mass is 10.2. The highest BCUT2D eigenvalue weighted by Crippen LogP contribution is 2.20. The molecule has 5 nitrogen and oxygen atoms in total. The van der Waals surface area contributed by atoms with Crippen molar-refractivity contribution < 1.29 is 17.5 Å². The van der Waals surface area contributed by atoms with Crippen molar-refractivity contribution in [2.75, 3.05) is 20.3 Å². The highest BCUT2D eigenvalue weighted by atomic mass is 32.2. The van der Waals surface area contributed by atoms with Gasteiger partial charge in [-0.1, -0.05) is 6.07 Å². The van der Waals surface area contributed by atoms with Crippen molar-refractivity contribution in [3.8, 4) is 0 Å². The van der Waals surface area contributed by atoms with Gasteiger partial charge in [0, 0.05) is 26.2 Å². The number of hydrogen-bond acceptors (Lipinski definition) is 4. The topological polar surface area (TPSA) is 67.4 Å². The number of ether oxygens (including phenoxy) is 1. The molecule has 1 fully saturated rings. The fourth-order valence-corrected chi connectivity index (χ4v) is 2.85. The zero-order valence-corrected chi connectivity index (χ0v) is 12.2. The van der Waals surface area contributed by atoms with Crippen LogP contribution in [0.3, 0.4) is 0 Å². The largest absolute Gasteiger partial charge is 0.383 e. The van der Waals surface area contributed by atoms with E-state index in [-0.39, 0.29) is 18.0 Å². The first-order valence-electron chi connectivity index (χ1n) is 6.53. The van der Waals surface area contributed by atoms with Crippen LogP contribution in [0.2, 0.25) is 0 Å². The first kappa shape index (κ1) is 15.4. The molecular weight excluding hydrogens is 283 g/mol. The van der Waals surface area contributed by atoms with E-state index < -0.39 is 15.8 Å². The maximum Gasteiger partial charge on any atom is 0.243 e. The van der Waals surface area contributed by atoms with E-state index in [1.807, 2.05) is 0 Å². The van der Waals surface area contributed by atoms with E-state index in [1.54, 1.807) is 6.07 Å². The predicted octanol–water partition coefficient (Wildman–Crippen LogP) is 1.00. The van der Waals surface area contributed by atoms with Gasteiger partial charge in [0.2, 0.25) is 10.0 Å². The highest BCUT2D eigenvalue weighted by molar-refractivity contribution is 7.89. The van der Waals surface area contributed by atoms with Crippen molar-refractivity contribution in [1.29, 1.82) is 0 Å². The van der Waals surface area contributed by atoms with Gasteiger partial charge < -0.3 is 10.1 Å². The summed E-state index contributed by atoms with van der Waals surface area (Å²) in [7, 11) is -2.36. The number of benzene rings is 1. The Labute approximate surface area is 118 Å². The molecule has 0 unspecified atom stereocenters. The quantitative estimate of drug-likeness (QED) is 0.703. The molecule has 1 saturated carbocycles. The molecular formula is C13H19FN2O3S. The molecule has 1 aliphatic rings. The molecule has 2 N–H and O–H groups in total. The summed E-state index contributed by atoms with van der Waals surface area (Å²) >= 11 is 0. The lowest BCUT2D eigenvalue weighted by Crippen LogP contribution is -2.28. The van der Waals surface area contributed by atoms with Gasteiger partial charge in [-0.3, -0.25) is 0 Å². The van der Waals surface area contributed by atoms with E-state index in [0.717, 1.165) is 18.4 Å². The van der Waals surface area contributed by atoms with Crippen LogP contribution in [0, 0.1) is 5.82 Å². The van der Waals surface area contributed by atoms with Crippen LogP contribution in [0.5, 0.6) is 0 Å². The van der Waals surface area contributed by atoms with Crippen LogP contribution in [0.1, 0.15) is 18.4 Å². The summed E-state index contributed by atoms with van der Waals surface area (Å²) in [6, 6.07) is 4.72. The van der Waals surface area contributed by atoms with Gasteiger partial charge in [-0.2, -0.15) is 0 Å².